The van der Waals surface area contributed by atoms with Crippen LogP contribution in [0.25, 0.3) is 22.3 Å². The Kier molecular flexibility index (Phi) is 2.33. The van der Waals surface area contributed by atoms with Gasteiger partial charge in [-0.25, -0.2) is 0 Å². The molecular formula is C16H10N4O. The highest BCUT2D eigenvalue weighted by atomic mass is 16.1. The third kappa shape index (κ3) is 1.70. The van der Waals surface area contributed by atoms with Crippen molar-refractivity contribution < 1.29 is 4.79 Å². The Morgan fingerprint density at radius 2 is 2.19 bits per heavy atom. The average Bonchev–Trinajstić information content (AvgIpc) is 2.78. The second kappa shape index (κ2) is 4.18. The minimum absolute atomic E-state index is 0.0775. The molecule has 0 radical (unpaired) electrons. The second-order valence-electron chi connectivity index (χ2n) is 4.98. The molecule has 4 rings (SSSR count). The highest BCUT2D eigenvalue weighted by molar-refractivity contribution is 6.04. The number of nitriles is 1. The molecule has 5 nitrogen and oxygen atoms in total. The monoisotopic (exact) mass is 274 g/mol. The number of aromatic nitrogens is 2. The van der Waals surface area contributed by atoms with E-state index in [1.807, 2.05) is 18.2 Å². The number of anilines is 1. The summed E-state index contributed by atoms with van der Waals surface area (Å²) in [5, 5.41) is 12.8. The molecule has 3 heterocycles. The summed E-state index contributed by atoms with van der Waals surface area (Å²) in [6, 6.07) is 11.2. The minimum atomic E-state index is -0.0775. The number of carbonyl (C=O) groups is 1. The Hall–Kier alpha value is -3.13. The first kappa shape index (κ1) is 11.7. The SMILES string of the molecule is N#Cc1ccc2[nH]c3c(c2c1)CC(=O)Nc1cccnc1-3. The number of hydrogen-bond donors (Lipinski definition) is 2. The lowest BCUT2D eigenvalue weighted by Crippen LogP contribution is -2.12. The lowest BCUT2D eigenvalue weighted by Gasteiger charge is -2.04. The van der Waals surface area contributed by atoms with Crippen molar-refractivity contribution in [3.8, 4) is 17.5 Å². The fraction of sp³-hybridized carbons (Fsp3) is 0.0625. The van der Waals surface area contributed by atoms with Crippen LogP contribution < -0.4 is 5.32 Å². The van der Waals surface area contributed by atoms with Gasteiger partial charge in [0.2, 0.25) is 5.91 Å². The number of nitrogens with zero attached hydrogens (tertiary/aromatic N) is 2. The van der Waals surface area contributed by atoms with E-state index in [1.165, 1.54) is 0 Å². The summed E-state index contributed by atoms with van der Waals surface area (Å²) in [6.45, 7) is 0. The molecule has 0 atom stereocenters. The molecule has 5 heteroatoms. The molecule has 100 valence electrons. The van der Waals surface area contributed by atoms with Crippen molar-refractivity contribution in [2.24, 2.45) is 0 Å². The molecule has 0 bridgehead atoms. The number of rotatable bonds is 0. The Bertz CT molecular complexity index is 933. The normalized spacial score (nSPS) is 13.0. The van der Waals surface area contributed by atoms with Gasteiger partial charge in [-0.1, -0.05) is 0 Å². The highest BCUT2D eigenvalue weighted by Crippen LogP contribution is 2.36. The smallest absolute Gasteiger partial charge is 0.228 e. The summed E-state index contributed by atoms with van der Waals surface area (Å²) in [4.78, 5) is 19.8. The maximum Gasteiger partial charge on any atom is 0.228 e. The lowest BCUT2D eigenvalue weighted by molar-refractivity contribution is -0.115. The molecule has 2 aromatic heterocycles. The maximum absolute atomic E-state index is 12.1. The fourth-order valence-electron chi connectivity index (χ4n) is 2.76. The molecule has 3 aromatic rings. The van der Waals surface area contributed by atoms with Gasteiger partial charge < -0.3 is 10.3 Å². The van der Waals surface area contributed by atoms with Crippen LogP contribution in [0.2, 0.25) is 0 Å². The van der Waals surface area contributed by atoms with Crippen LogP contribution in [-0.2, 0) is 11.2 Å². The van der Waals surface area contributed by atoms with Gasteiger partial charge in [0.15, 0.2) is 0 Å². The Morgan fingerprint density at radius 3 is 3.05 bits per heavy atom. The van der Waals surface area contributed by atoms with E-state index in [0.717, 1.165) is 27.9 Å². The number of hydrogen-bond acceptors (Lipinski definition) is 3. The van der Waals surface area contributed by atoms with Crippen molar-refractivity contribution in [3.05, 3.63) is 47.7 Å². The van der Waals surface area contributed by atoms with Gasteiger partial charge in [-0.2, -0.15) is 5.26 Å². The van der Waals surface area contributed by atoms with E-state index in [0.29, 0.717) is 11.3 Å². The van der Waals surface area contributed by atoms with Gasteiger partial charge in [-0.15, -0.1) is 0 Å². The molecule has 0 saturated carbocycles. The molecule has 1 aliphatic heterocycles. The van der Waals surface area contributed by atoms with Gasteiger partial charge in [-0.05, 0) is 35.9 Å². The predicted octanol–water partition coefficient (Wildman–Crippen LogP) is 2.60. The van der Waals surface area contributed by atoms with Crippen LogP contribution >= 0.6 is 0 Å². The quantitative estimate of drug-likeness (QED) is 0.661. The Morgan fingerprint density at radius 1 is 1.29 bits per heavy atom. The van der Waals surface area contributed by atoms with E-state index < -0.39 is 0 Å². The van der Waals surface area contributed by atoms with Gasteiger partial charge in [0.1, 0.15) is 5.69 Å². The number of carbonyl (C=O) groups excluding carboxylic acids is 1. The largest absolute Gasteiger partial charge is 0.353 e. The van der Waals surface area contributed by atoms with Gasteiger partial charge in [0, 0.05) is 17.1 Å². The summed E-state index contributed by atoms with van der Waals surface area (Å²) in [5.41, 5.74) is 4.65. The number of amides is 1. The molecule has 21 heavy (non-hydrogen) atoms. The van der Waals surface area contributed by atoms with Crippen molar-refractivity contribution in [2.45, 2.75) is 6.42 Å². The van der Waals surface area contributed by atoms with E-state index in [2.05, 4.69) is 21.4 Å². The van der Waals surface area contributed by atoms with Crippen molar-refractivity contribution in [1.82, 2.24) is 9.97 Å². The second-order valence-corrected chi connectivity index (χ2v) is 4.98. The molecule has 1 aliphatic rings. The first-order valence-electron chi connectivity index (χ1n) is 6.56. The lowest BCUT2D eigenvalue weighted by atomic mass is 10.0. The molecule has 2 N–H and O–H groups in total. The minimum Gasteiger partial charge on any atom is -0.353 e. The fourth-order valence-corrected chi connectivity index (χ4v) is 2.76. The van der Waals surface area contributed by atoms with Crippen LogP contribution in [0.1, 0.15) is 11.1 Å². The Labute approximate surface area is 120 Å². The van der Waals surface area contributed by atoms with Crippen LogP contribution in [0.4, 0.5) is 5.69 Å². The van der Waals surface area contributed by atoms with Crippen LogP contribution in [0.15, 0.2) is 36.5 Å². The molecule has 1 aromatic carbocycles. The number of pyridine rings is 1. The first-order valence-corrected chi connectivity index (χ1v) is 6.56. The zero-order valence-electron chi connectivity index (χ0n) is 11.0. The van der Waals surface area contributed by atoms with E-state index in [-0.39, 0.29) is 12.3 Å². The van der Waals surface area contributed by atoms with Crippen LogP contribution in [-0.4, -0.2) is 15.9 Å². The van der Waals surface area contributed by atoms with Crippen LogP contribution in [0.3, 0.4) is 0 Å². The van der Waals surface area contributed by atoms with E-state index >= 15 is 0 Å². The molecule has 0 fully saturated rings. The number of benzene rings is 1. The Balaban J connectivity index is 2.09. The summed E-state index contributed by atoms with van der Waals surface area (Å²) in [7, 11) is 0. The molecule has 0 spiro atoms. The number of nitrogens with one attached hydrogen (secondary N) is 2. The first-order chi connectivity index (χ1) is 10.3. The summed E-state index contributed by atoms with van der Waals surface area (Å²) in [5.74, 6) is -0.0775. The number of aromatic amines is 1. The van der Waals surface area contributed by atoms with Crippen molar-refractivity contribution in [3.63, 3.8) is 0 Å². The van der Waals surface area contributed by atoms with Gasteiger partial charge in [0.25, 0.3) is 0 Å². The summed E-state index contributed by atoms with van der Waals surface area (Å²) < 4.78 is 0. The zero-order chi connectivity index (χ0) is 14.4. The third-order valence-electron chi connectivity index (χ3n) is 3.69. The zero-order valence-corrected chi connectivity index (χ0v) is 11.0. The molecule has 0 unspecified atom stereocenters. The molecule has 0 aliphatic carbocycles. The number of fused-ring (bicyclic) bond motifs is 5. The van der Waals surface area contributed by atoms with E-state index in [9.17, 15) is 4.79 Å². The van der Waals surface area contributed by atoms with Gasteiger partial charge >= 0.3 is 0 Å². The van der Waals surface area contributed by atoms with Gasteiger partial charge in [-0.3, -0.25) is 9.78 Å². The van der Waals surface area contributed by atoms with Crippen LogP contribution in [0, 0.1) is 11.3 Å². The summed E-state index contributed by atoms with van der Waals surface area (Å²) >= 11 is 0. The molecule has 1 amide bonds. The standard InChI is InChI=1S/C16H10N4O/c17-8-9-3-4-12-10(6-9)11-7-14(21)19-13-2-1-5-18-16(13)15(11)20-12/h1-6,20H,7H2,(H,19,21). The average molecular weight is 274 g/mol. The van der Waals surface area contributed by atoms with Crippen LogP contribution in [0.5, 0.6) is 0 Å². The van der Waals surface area contributed by atoms with Crippen molar-refractivity contribution >= 4 is 22.5 Å². The van der Waals surface area contributed by atoms with E-state index in [4.69, 9.17) is 5.26 Å². The molecule has 0 saturated heterocycles. The predicted molar refractivity (Wildman–Crippen MR) is 78.6 cm³/mol. The van der Waals surface area contributed by atoms with Crippen molar-refractivity contribution in [1.29, 1.82) is 5.26 Å². The van der Waals surface area contributed by atoms with Crippen molar-refractivity contribution in [2.75, 3.05) is 5.32 Å². The topological polar surface area (TPSA) is 81.6 Å². The highest BCUT2D eigenvalue weighted by Gasteiger charge is 2.23. The van der Waals surface area contributed by atoms with E-state index in [1.54, 1.807) is 18.3 Å². The molecular weight excluding hydrogens is 264 g/mol. The summed E-state index contributed by atoms with van der Waals surface area (Å²) in [6.07, 6.45) is 1.97. The maximum atomic E-state index is 12.1. The number of H-pyrrole nitrogens is 1. The van der Waals surface area contributed by atoms with Gasteiger partial charge in [0.05, 0.1) is 29.4 Å². The third-order valence-corrected chi connectivity index (χ3v) is 3.69.